The van der Waals surface area contributed by atoms with Crippen LogP contribution in [0.1, 0.15) is 26.0 Å². The molecule has 3 heteroatoms. The molecule has 1 unspecified atom stereocenters. The molecule has 3 nitrogen and oxygen atoms in total. The third-order valence-electron chi connectivity index (χ3n) is 1.94. The second kappa shape index (κ2) is 3.63. The van der Waals surface area contributed by atoms with Crippen LogP contribution in [0.5, 0.6) is 0 Å². The lowest BCUT2D eigenvalue weighted by Gasteiger charge is -2.19. The summed E-state index contributed by atoms with van der Waals surface area (Å²) >= 11 is 0. The molecule has 1 heterocycles. The molecule has 0 bridgehead atoms. The fourth-order valence-corrected chi connectivity index (χ4v) is 0.936. The van der Waals surface area contributed by atoms with Crippen molar-refractivity contribution in [3.8, 4) is 0 Å². The van der Waals surface area contributed by atoms with Crippen LogP contribution in [0, 0.1) is 0 Å². The van der Waals surface area contributed by atoms with Crippen molar-refractivity contribution in [2.24, 2.45) is 0 Å². The van der Waals surface area contributed by atoms with Crippen molar-refractivity contribution in [3.63, 3.8) is 0 Å². The van der Waals surface area contributed by atoms with Gasteiger partial charge in [0.2, 0.25) is 0 Å². The predicted octanol–water partition coefficient (Wildman–Crippen LogP) is 1.18. The third-order valence-corrected chi connectivity index (χ3v) is 1.94. The molecule has 0 spiro atoms. The molecule has 1 N–H and O–H groups in total. The molecule has 66 valence electrons. The van der Waals surface area contributed by atoms with Crippen molar-refractivity contribution in [2.45, 2.75) is 32.3 Å². The highest BCUT2D eigenvalue weighted by Crippen LogP contribution is 2.13. The number of hydrogen-bond donors (Lipinski definition) is 1. The van der Waals surface area contributed by atoms with Gasteiger partial charge in [0.25, 0.3) is 0 Å². The van der Waals surface area contributed by atoms with E-state index in [1.165, 1.54) is 0 Å². The van der Waals surface area contributed by atoms with Crippen LogP contribution >= 0.6 is 0 Å². The summed E-state index contributed by atoms with van der Waals surface area (Å²) in [6.45, 7) is 3.76. The van der Waals surface area contributed by atoms with Gasteiger partial charge < -0.3 is 5.11 Å². The Kier molecular flexibility index (Phi) is 2.76. The minimum atomic E-state index is -0.657. The van der Waals surface area contributed by atoms with Gasteiger partial charge in [-0.3, -0.25) is 9.97 Å². The van der Waals surface area contributed by atoms with E-state index in [0.717, 1.165) is 12.1 Å². The Morgan fingerprint density at radius 3 is 2.75 bits per heavy atom. The summed E-state index contributed by atoms with van der Waals surface area (Å²) in [5.74, 6) is 0. The maximum absolute atomic E-state index is 9.71. The normalized spacial score (nSPS) is 15.6. The van der Waals surface area contributed by atoms with Crippen molar-refractivity contribution in [2.75, 3.05) is 0 Å². The molecule has 0 aliphatic heterocycles. The van der Waals surface area contributed by atoms with Gasteiger partial charge in [-0.2, -0.15) is 0 Å². The van der Waals surface area contributed by atoms with Gasteiger partial charge >= 0.3 is 0 Å². The van der Waals surface area contributed by atoms with E-state index in [9.17, 15) is 5.11 Å². The van der Waals surface area contributed by atoms with Crippen molar-refractivity contribution in [1.82, 2.24) is 9.97 Å². The zero-order chi connectivity index (χ0) is 9.03. The highest BCUT2D eigenvalue weighted by Gasteiger charge is 2.18. The largest absolute Gasteiger partial charge is 0.390 e. The molecule has 0 saturated carbocycles. The van der Waals surface area contributed by atoms with E-state index in [2.05, 4.69) is 9.97 Å². The lowest BCUT2D eigenvalue weighted by atomic mass is 9.98. The van der Waals surface area contributed by atoms with Gasteiger partial charge in [-0.1, -0.05) is 6.92 Å². The summed E-state index contributed by atoms with van der Waals surface area (Å²) in [5.41, 5.74) is 0.181. The molecule has 0 radical (unpaired) electrons. The Hall–Kier alpha value is -0.960. The molecule has 1 rings (SSSR count). The van der Waals surface area contributed by atoms with E-state index in [-0.39, 0.29) is 0 Å². The van der Waals surface area contributed by atoms with Gasteiger partial charge in [0.15, 0.2) is 0 Å². The van der Waals surface area contributed by atoms with E-state index < -0.39 is 5.60 Å². The molecular formula is C9H14N2O. The third kappa shape index (κ3) is 2.58. The molecule has 0 aromatic carbocycles. The van der Waals surface area contributed by atoms with Crippen LogP contribution in [-0.4, -0.2) is 20.7 Å². The van der Waals surface area contributed by atoms with Crippen LogP contribution in [0.3, 0.4) is 0 Å². The van der Waals surface area contributed by atoms with Gasteiger partial charge in [-0.25, -0.2) is 0 Å². The zero-order valence-electron chi connectivity index (χ0n) is 7.49. The van der Waals surface area contributed by atoms with Crippen LogP contribution in [0.4, 0.5) is 0 Å². The minimum absolute atomic E-state index is 0.567. The topological polar surface area (TPSA) is 46.0 Å². The van der Waals surface area contributed by atoms with E-state index in [0.29, 0.717) is 6.42 Å². The second-order valence-corrected chi connectivity index (χ2v) is 3.22. The number of rotatable bonds is 3. The van der Waals surface area contributed by atoms with Crippen molar-refractivity contribution in [3.05, 3.63) is 24.3 Å². The van der Waals surface area contributed by atoms with Crippen LogP contribution in [0.25, 0.3) is 0 Å². The van der Waals surface area contributed by atoms with Gasteiger partial charge in [0, 0.05) is 25.0 Å². The van der Waals surface area contributed by atoms with E-state index in [4.69, 9.17) is 0 Å². The molecule has 0 amide bonds. The number of aromatic nitrogens is 2. The van der Waals surface area contributed by atoms with Crippen LogP contribution in [0.15, 0.2) is 18.6 Å². The monoisotopic (exact) mass is 166 g/mol. The van der Waals surface area contributed by atoms with Gasteiger partial charge in [-0.15, -0.1) is 0 Å². The fraction of sp³-hybridized carbons (Fsp3) is 0.556. The molecule has 1 aromatic heterocycles. The summed E-state index contributed by atoms with van der Waals surface area (Å²) in [5, 5.41) is 9.71. The minimum Gasteiger partial charge on any atom is -0.390 e. The van der Waals surface area contributed by atoms with E-state index >= 15 is 0 Å². The van der Waals surface area contributed by atoms with Crippen LogP contribution < -0.4 is 0 Å². The predicted molar refractivity (Wildman–Crippen MR) is 46.7 cm³/mol. The van der Waals surface area contributed by atoms with Gasteiger partial charge in [0.05, 0.1) is 11.3 Å². The molecule has 1 aromatic rings. The summed E-state index contributed by atoms with van der Waals surface area (Å²) in [6.07, 6.45) is 6.25. The first kappa shape index (κ1) is 9.13. The fourth-order valence-electron chi connectivity index (χ4n) is 0.936. The molecule has 0 saturated heterocycles. The maximum atomic E-state index is 9.71. The van der Waals surface area contributed by atoms with E-state index in [1.807, 2.05) is 13.8 Å². The van der Waals surface area contributed by atoms with Crippen molar-refractivity contribution < 1.29 is 5.11 Å². The zero-order valence-corrected chi connectivity index (χ0v) is 7.49. The molecule has 0 fully saturated rings. The molecule has 12 heavy (non-hydrogen) atoms. The van der Waals surface area contributed by atoms with Gasteiger partial charge in [0.1, 0.15) is 0 Å². The first-order chi connectivity index (χ1) is 5.64. The molecular weight excluding hydrogens is 152 g/mol. The molecule has 0 aliphatic carbocycles. The Morgan fingerprint density at radius 1 is 1.50 bits per heavy atom. The highest BCUT2D eigenvalue weighted by molar-refractivity contribution is 4.99. The highest BCUT2D eigenvalue weighted by atomic mass is 16.3. The smallest absolute Gasteiger partial charge is 0.0673 e. The lowest BCUT2D eigenvalue weighted by Crippen LogP contribution is -2.26. The first-order valence-electron chi connectivity index (χ1n) is 4.11. The SMILES string of the molecule is CCC(C)(O)Cc1cnccn1. The first-order valence-corrected chi connectivity index (χ1v) is 4.11. The maximum Gasteiger partial charge on any atom is 0.0673 e. The molecule has 0 aliphatic rings. The number of nitrogens with zero attached hydrogens (tertiary/aromatic N) is 2. The van der Waals surface area contributed by atoms with Crippen molar-refractivity contribution >= 4 is 0 Å². The quantitative estimate of drug-likeness (QED) is 0.733. The summed E-state index contributed by atoms with van der Waals surface area (Å²) < 4.78 is 0. The lowest BCUT2D eigenvalue weighted by molar-refractivity contribution is 0.0554. The number of hydrogen-bond acceptors (Lipinski definition) is 3. The van der Waals surface area contributed by atoms with Crippen molar-refractivity contribution in [1.29, 1.82) is 0 Å². The van der Waals surface area contributed by atoms with Crippen LogP contribution in [-0.2, 0) is 6.42 Å². The molecule has 1 atom stereocenters. The Labute approximate surface area is 72.5 Å². The average molecular weight is 166 g/mol. The average Bonchev–Trinajstić information content (AvgIpc) is 2.06. The Morgan fingerprint density at radius 2 is 2.25 bits per heavy atom. The number of aliphatic hydroxyl groups is 1. The Bertz CT molecular complexity index is 234. The summed E-state index contributed by atoms with van der Waals surface area (Å²) in [6, 6.07) is 0. The van der Waals surface area contributed by atoms with E-state index in [1.54, 1.807) is 18.6 Å². The Balaban J connectivity index is 2.64. The summed E-state index contributed by atoms with van der Waals surface area (Å²) in [7, 11) is 0. The summed E-state index contributed by atoms with van der Waals surface area (Å²) in [4.78, 5) is 8.02. The standard InChI is InChI=1S/C9H14N2O/c1-3-9(2,12)6-8-7-10-4-5-11-8/h4-5,7,12H,3,6H2,1-2H3. The van der Waals surface area contributed by atoms with Crippen LogP contribution in [0.2, 0.25) is 0 Å². The second-order valence-electron chi connectivity index (χ2n) is 3.22. The van der Waals surface area contributed by atoms with Gasteiger partial charge in [-0.05, 0) is 13.3 Å².